The number of nitrogens with two attached hydrogens (primary N) is 1. The summed E-state index contributed by atoms with van der Waals surface area (Å²) in [6, 6.07) is 0. The fourth-order valence-corrected chi connectivity index (χ4v) is 3.42. The predicted molar refractivity (Wildman–Crippen MR) is 70.0 cm³/mol. The first-order valence-electron chi connectivity index (χ1n) is 5.90. The lowest BCUT2D eigenvalue weighted by atomic mass is 10.1. The van der Waals surface area contributed by atoms with Gasteiger partial charge in [0.2, 0.25) is 5.91 Å². The summed E-state index contributed by atoms with van der Waals surface area (Å²) >= 11 is 1.47. The quantitative estimate of drug-likeness (QED) is 0.807. The number of esters is 1. The number of ether oxygens (including phenoxy) is 1. The van der Waals surface area contributed by atoms with Crippen LogP contribution < -0.4 is 11.1 Å². The third-order valence-electron chi connectivity index (χ3n) is 2.94. The Hall–Kier alpha value is -1.40. The molecule has 6 heteroatoms. The highest BCUT2D eigenvalue weighted by Gasteiger charge is 2.27. The van der Waals surface area contributed by atoms with Gasteiger partial charge in [-0.25, -0.2) is 4.79 Å². The van der Waals surface area contributed by atoms with Crippen LogP contribution in [0.2, 0.25) is 0 Å². The first-order chi connectivity index (χ1) is 8.67. The summed E-state index contributed by atoms with van der Waals surface area (Å²) in [7, 11) is 1.35. The van der Waals surface area contributed by atoms with Crippen molar-refractivity contribution in [2.45, 2.75) is 25.7 Å². The lowest BCUT2D eigenvalue weighted by Gasteiger charge is -2.06. The summed E-state index contributed by atoms with van der Waals surface area (Å²) in [4.78, 5) is 24.5. The predicted octanol–water partition coefficient (Wildman–Crippen LogP) is 1.31. The maximum absolute atomic E-state index is 11.8. The first-order valence-corrected chi connectivity index (χ1v) is 6.71. The highest BCUT2D eigenvalue weighted by atomic mass is 32.1. The Morgan fingerprint density at radius 1 is 1.44 bits per heavy atom. The van der Waals surface area contributed by atoms with Crippen LogP contribution in [0.4, 0.5) is 5.00 Å². The van der Waals surface area contributed by atoms with E-state index in [2.05, 4.69) is 5.32 Å². The summed E-state index contributed by atoms with van der Waals surface area (Å²) in [6.07, 6.45) is 3.16. The smallest absolute Gasteiger partial charge is 0.341 e. The molecule has 0 saturated carbocycles. The molecule has 0 saturated heterocycles. The van der Waals surface area contributed by atoms with Crippen molar-refractivity contribution >= 4 is 28.2 Å². The number of rotatable bonds is 4. The molecule has 0 radical (unpaired) electrons. The SMILES string of the molecule is COC(=O)c1c(NC(=O)CCN)sc2c1CCC2. The molecule has 5 nitrogen and oxygen atoms in total. The average molecular weight is 268 g/mol. The van der Waals surface area contributed by atoms with Gasteiger partial charge in [0, 0.05) is 17.8 Å². The number of anilines is 1. The number of amides is 1. The Morgan fingerprint density at radius 2 is 2.22 bits per heavy atom. The minimum Gasteiger partial charge on any atom is -0.465 e. The van der Waals surface area contributed by atoms with Gasteiger partial charge in [-0.15, -0.1) is 11.3 Å². The van der Waals surface area contributed by atoms with Crippen LogP contribution in [0.3, 0.4) is 0 Å². The van der Waals surface area contributed by atoms with Gasteiger partial charge >= 0.3 is 5.97 Å². The maximum atomic E-state index is 11.8. The topological polar surface area (TPSA) is 81.4 Å². The van der Waals surface area contributed by atoms with Gasteiger partial charge in [0.05, 0.1) is 12.7 Å². The van der Waals surface area contributed by atoms with Gasteiger partial charge in [0.25, 0.3) is 0 Å². The van der Waals surface area contributed by atoms with Crippen LogP contribution in [0, 0.1) is 0 Å². The number of hydrogen-bond donors (Lipinski definition) is 2. The van der Waals surface area contributed by atoms with Crippen LogP contribution in [0.5, 0.6) is 0 Å². The lowest BCUT2D eigenvalue weighted by molar-refractivity contribution is -0.116. The molecule has 0 aromatic carbocycles. The van der Waals surface area contributed by atoms with E-state index in [1.165, 1.54) is 23.3 Å². The van der Waals surface area contributed by atoms with Crippen LogP contribution in [-0.4, -0.2) is 25.5 Å². The molecule has 98 valence electrons. The molecule has 1 heterocycles. The van der Waals surface area contributed by atoms with Gasteiger partial charge in [-0.2, -0.15) is 0 Å². The molecule has 0 fully saturated rings. The molecule has 1 aromatic heterocycles. The second-order valence-corrected chi connectivity index (χ2v) is 5.25. The second-order valence-electron chi connectivity index (χ2n) is 4.14. The van der Waals surface area contributed by atoms with Gasteiger partial charge in [-0.3, -0.25) is 4.79 Å². The molecule has 1 amide bonds. The van der Waals surface area contributed by atoms with E-state index in [0.29, 0.717) is 17.1 Å². The third-order valence-corrected chi connectivity index (χ3v) is 4.14. The zero-order chi connectivity index (χ0) is 13.1. The number of fused-ring (bicyclic) bond motifs is 1. The van der Waals surface area contributed by atoms with Crippen molar-refractivity contribution in [1.82, 2.24) is 0 Å². The van der Waals surface area contributed by atoms with Crippen LogP contribution in [-0.2, 0) is 22.4 Å². The molecule has 0 unspecified atom stereocenters. The Balaban J connectivity index is 2.29. The molecule has 3 N–H and O–H groups in total. The van der Waals surface area contributed by atoms with Crippen molar-refractivity contribution < 1.29 is 14.3 Å². The van der Waals surface area contributed by atoms with E-state index in [4.69, 9.17) is 10.5 Å². The fourth-order valence-electron chi connectivity index (χ4n) is 2.13. The second kappa shape index (κ2) is 5.49. The van der Waals surface area contributed by atoms with Crippen LogP contribution >= 0.6 is 11.3 Å². The molecule has 0 atom stereocenters. The number of carbonyl (C=O) groups excluding carboxylic acids is 2. The lowest BCUT2D eigenvalue weighted by Crippen LogP contribution is -2.17. The number of carbonyl (C=O) groups is 2. The summed E-state index contributed by atoms with van der Waals surface area (Å²) in [5.41, 5.74) is 6.90. The zero-order valence-corrected chi connectivity index (χ0v) is 11.1. The van der Waals surface area contributed by atoms with Crippen molar-refractivity contribution in [3.8, 4) is 0 Å². The summed E-state index contributed by atoms with van der Waals surface area (Å²) in [6.45, 7) is 0.296. The van der Waals surface area contributed by atoms with Crippen LogP contribution in [0.25, 0.3) is 0 Å². The monoisotopic (exact) mass is 268 g/mol. The maximum Gasteiger partial charge on any atom is 0.341 e. The highest BCUT2D eigenvalue weighted by Crippen LogP contribution is 2.39. The minimum absolute atomic E-state index is 0.164. The molecule has 0 bridgehead atoms. The van der Waals surface area contributed by atoms with E-state index < -0.39 is 0 Å². The van der Waals surface area contributed by atoms with Gasteiger partial charge in [0.15, 0.2) is 0 Å². The standard InChI is InChI=1S/C12H16N2O3S/c1-17-12(16)10-7-3-2-4-8(7)18-11(10)14-9(15)5-6-13/h2-6,13H2,1H3,(H,14,15). The molecule has 1 aliphatic rings. The minimum atomic E-state index is -0.377. The van der Waals surface area contributed by atoms with Crippen LogP contribution in [0.1, 0.15) is 33.6 Å². The molecule has 1 aromatic rings. The average Bonchev–Trinajstić information content (AvgIpc) is 2.88. The van der Waals surface area contributed by atoms with Gasteiger partial charge in [0.1, 0.15) is 5.00 Å². The summed E-state index contributed by atoms with van der Waals surface area (Å²) in [5, 5.41) is 3.36. The first kappa shape index (κ1) is 13.0. The van der Waals surface area contributed by atoms with Crippen molar-refractivity contribution in [3.63, 3.8) is 0 Å². The largest absolute Gasteiger partial charge is 0.465 e. The van der Waals surface area contributed by atoms with Gasteiger partial charge < -0.3 is 15.8 Å². The molecular formula is C12H16N2O3S. The molecule has 0 spiro atoms. The Labute approximate surface area is 109 Å². The van der Waals surface area contributed by atoms with E-state index in [1.54, 1.807) is 0 Å². The number of thiophene rings is 1. The summed E-state index contributed by atoms with van der Waals surface area (Å²) < 4.78 is 4.79. The molecule has 0 aliphatic heterocycles. The van der Waals surface area contributed by atoms with E-state index in [1.807, 2.05) is 0 Å². The fraction of sp³-hybridized carbons (Fsp3) is 0.500. The van der Waals surface area contributed by atoms with E-state index in [9.17, 15) is 9.59 Å². The Kier molecular flexibility index (Phi) is 3.98. The van der Waals surface area contributed by atoms with Crippen LogP contribution in [0.15, 0.2) is 0 Å². The number of hydrogen-bond acceptors (Lipinski definition) is 5. The van der Waals surface area contributed by atoms with E-state index in [-0.39, 0.29) is 18.3 Å². The zero-order valence-electron chi connectivity index (χ0n) is 10.2. The number of aryl methyl sites for hydroxylation is 1. The number of methoxy groups -OCH3 is 1. The van der Waals surface area contributed by atoms with Crippen molar-refractivity contribution in [1.29, 1.82) is 0 Å². The van der Waals surface area contributed by atoms with Gasteiger partial charge in [-0.1, -0.05) is 0 Å². The van der Waals surface area contributed by atoms with Crippen molar-refractivity contribution in [2.24, 2.45) is 5.73 Å². The molecule has 1 aliphatic carbocycles. The van der Waals surface area contributed by atoms with E-state index in [0.717, 1.165) is 24.8 Å². The third kappa shape index (κ3) is 2.39. The Morgan fingerprint density at radius 3 is 2.89 bits per heavy atom. The normalized spacial score (nSPS) is 13.2. The highest BCUT2D eigenvalue weighted by molar-refractivity contribution is 7.17. The van der Waals surface area contributed by atoms with Gasteiger partial charge in [-0.05, 0) is 24.8 Å². The van der Waals surface area contributed by atoms with E-state index >= 15 is 0 Å². The molecule has 18 heavy (non-hydrogen) atoms. The molecular weight excluding hydrogens is 252 g/mol. The number of nitrogens with one attached hydrogen (secondary N) is 1. The Bertz CT molecular complexity index is 482. The summed E-state index contributed by atoms with van der Waals surface area (Å²) in [5.74, 6) is -0.542. The van der Waals surface area contributed by atoms with Crippen molar-refractivity contribution in [3.05, 3.63) is 16.0 Å². The van der Waals surface area contributed by atoms with Crippen molar-refractivity contribution in [2.75, 3.05) is 19.0 Å². The molecule has 2 rings (SSSR count).